The molecule has 0 spiro atoms. The number of rotatable bonds is 3. The van der Waals surface area contributed by atoms with Gasteiger partial charge in [-0.2, -0.15) is 0 Å². The van der Waals surface area contributed by atoms with E-state index >= 15 is 0 Å². The smallest absolute Gasteiger partial charge is 0.240 e. The molecule has 1 amide bonds. The second-order valence-electron chi connectivity index (χ2n) is 6.63. The van der Waals surface area contributed by atoms with Crippen molar-refractivity contribution in [1.29, 1.82) is 0 Å². The van der Waals surface area contributed by atoms with Crippen LogP contribution in [0, 0.1) is 5.41 Å². The van der Waals surface area contributed by atoms with Gasteiger partial charge in [-0.3, -0.25) is 4.79 Å². The highest BCUT2D eigenvalue weighted by Crippen LogP contribution is 2.33. The highest BCUT2D eigenvalue weighted by atomic mass is 16.2. The fraction of sp³-hybridized carbons (Fsp3) is 0.929. The molecule has 0 bridgehead atoms. The van der Waals surface area contributed by atoms with Crippen molar-refractivity contribution in [1.82, 2.24) is 10.2 Å². The number of likely N-dealkylation sites (N-methyl/N-ethyl adjacent to an activating group) is 1. The van der Waals surface area contributed by atoms with Crippen molar-refractivity contribution >= 4 is 5.91 Å². The van der Waals surface area contributed by atoms with Crippen LogP contribution in [0.2, 0.25) is 0 Å². The van der Waals surface area contributed by atoms with Crippen LogP contribution in [-0.2, 0) is 4.79 Å². The summed E-state index contributed by atoms with van der Waals surface area (Å²) in [5, 5.41) is 3.17. The van der Waals surface area contributed by atoms with Gasteiger partial charge in [-0.25, -0.2) is 0 Å². The molecular formula is C14H28N2O. The third-order valence-electron chi connectivity index (χ3n) is 4.20. The molecule has 1 saturated heterocycles. The Balaban J connectivity index is 3.01. The van der Waals surface area contributed by atoms with Gasteiger partial charge in [-0.05, 0) is 45.6 Å². The standard InChI is InChI=1S/C14H28N2O/c1-7-14(4,5)16-10-13(2,3)9-8-11(15-6)12(16)17/h11,15H,7-10H2,1-6H3. The minimum absolute atomic E-state index is 0.0115. The number of amides is 1. The van der Waals surface area contributed by atoms with Gasteiger partial charge in [-0.15, -0.1) is 0 Å². The van der Waals surface area contributed by atoms with Gasteiger partial charge in [0.05, 0.1) is 6.04 Å². The van der Waals surface area contributed by atoms with Crippen LogP contribution < -0.4 is 5.32 Å². The van der Waals surface area contributed by atoms with E-state index in [1.54, 1.807) is 0 Å². The SMILES string of the molecule is CCC(C)(C)N1CC(C)(C)CCC(NC)C1=O. The lowest BCUT2D eigenvalue weighted by Gasteiger charge is -2.41. The lowest BCUT2D eigenvalue weighted by Crippen LogP contribution is -2.54. The average molecular weight is 240 g/mol. The highest BCUT2D eigenvalue weighted by molar-refractivity contribution is 5.83. The van der Waals surface area contributed by atoms with Crippen LogP contribution in [0.15, 0.2) is 0 Å². The molecule has 1 rings (SSSR count). The van der Waals surface area contributed by atoms with Gasteiger partial charge in [0.1, 0.15) is 0 Å². The largest absolute Gasteiger partial charge is 0.336 e. The molecular weight excluding hydrogens is 212 g/mol. The van der Waals surface area contributed by atoms with Crippen molar-refractivity contribution in [3.63, 3.8) is 0 Å². The predicted octanol–water partition coefficient (Wildman–Crippen LogP) is 2.41. The number of hydrogen-bond acceptors (Lipinski definition) is 2. The summed E-state index contributed by atoms with van der Waals surface area (Å²) < 4.78 is 0. The molecule has 1 fully saturated rings. The molecule has 3 nitrogen and oxygen atoms in total. The zero-order valence-electron chi connectivity index (χ0n) is 12.3. The van der Waals surface area contributed by atoms with Gasteiger partial charge in [0, 0.05) is 12.1 Å². The maximum atomic E-state index is 12.5. The molecule has 1 aliphatic heterocycles. The van der Waals surface area contributed by atoms with Crippen LogP contribution in [0.25, 0.3) is 0 Å². The second kappa shape index (κ2) is 4.97. The van der Waals surface area contributed by atoms with Crippen LogP contribution >= 0.6 is 0 Å². The minimum Gasteiger partial charge on any atom is -0.336 e. The van der Waals surface area contributed by atoms with Crippen LogP contribution in [0.3, 0.4) is 0 Å². The molecule has 1 atom stereocenters. The molecule has 1 heterocycles. The zero-order chi connectivity index (χ0) is 13.3. The van der Waals surface area contributed by atoms with Crippen molar-refractivity contribution < 1.29 is 4.79 Å². The van der Waals surface area contributed by atoms with Gasteiger partial charge in [0.25, 0.3) is 0 Å². The lowest BCUT2D eigenvalue weighted by molar-refractivity contribution is -0.139. The molecule has 0 aromatic rings. The highest BCUT2D eigenvalue weighted by Gasteiger charge is 2.39. The molecule has 100 valence electrons. The zero-order valence-corrected chi connectivity index (χ0v) is 12.3. The quantitative estimate of drug-likeness (QED) is 0.821. The van der Waals surface area contributed by atoms with Crippen molar-refractivity contribution in [3.05, 3.63) is 0 Å². The Kier molecular flexibility index (Phi) is 4.23. The Labute approximate surface area is 106 Å². The Morgan fingerprint density at radius 2 is 2.06 bits per heavy atom. The lowest BCUT2D eigenvalue weighted by atomic mass is 9.86. The van der Waals surface area contributed by atoms with Gasteiger partial charge < -0.3 is 10.2 Å². The number of carbonyl (C=O) groups is 1. The third-order valence-corrected chi connectivity index (χ3v) is 4.20. The van der Waals surface area contributed by atoms with Crippen molar-refractivity contribution in [2.45, 2.75) is 65.5 Å². The predicted molar refractivity (Wildman–Crippen MR) is 71.9 cm³/mol. The molecule has 0 saturated carbocycles. The molecule has 17 heavy (non-hydrogen) atoms. The van der Waals surface area contributed by atoms with E-state index in [4.69, 9.17) is 0 Å². The number of nitrogens with one attached hydrogen (secondary N) is 1. The maximum absolute atomic E-state index is 12.5. The van der Waals surface area contributed by atoms with Gasteiger partial charge >= 0.3 is 0 Å². The van der Waals surface area contributed by atoms with E-state index in [1.165, 1.54) is 0 Å². The molecule has 0 radical (unpaired) electrons. The monoisotopic (exact) mass is 240 g/mol. The first-order valence-electron chi connectivity index (χ1n) is 6.72. The molecule has 3 heteroatoms. The Morgan fingerprint density at radius 3 is 2.53 bits per heavy atom. The van der Waals surface area contributed by atoms with Gasteiger partial charge in [0.2, 0.25) is 5.91 Å². The minimum atomic E-state index is -0.0478. The average Bonchev–Trinajstić information content (AvgIpc) is 2.37. The molecule has 1 aliphatic rings. The maximum Gasteiger partial charge on any atom is 0.240 e. The summed E-state index contributed by atoms with van der Waals surface area (Å²) in [6, 6.07) is -0.0115. The summed E-state index contributed by atoms with van der Waals surface area (Å²) in [5.74, 6) is 0.268. The Bertz CT molecular complexity index is 284. The number of likely N-dealkylation sites (tertiary alicyclic amines) is 1. The first-order valence-corrected chi connectivity index (χ1v) is 6.72. The van der Waals surface area contributed by atoms with E-state index in [0.717, 1.165) is 25.8 Å². The summed E-state index contributed by atoms with van der Waals surface area (Å²) in [5.41, 5.74) is 0.168. The van der Waals surface area contributed by atoms with Gasteiger partial charge in [0.15, 0.2) is 0 Å². The van der Waals surface area contributed by atoms with E-state index < -0.39 is 0 Å². The number of nitrogens with zero attached hydrogens (tertiary/aromatic N) is 1. The number of carbonyl (C=O) groups excluding carboxylic acids is 1. The fourth-order valence-electron chi connectivity index (χ4n) is 2.40. The Morgan fingerprint density at radius 1 is 1.47 bits per heavy atom. The van der Waals surface area contributed by atoms with E-state index in [2.05, 4.69) is 44.8 Å². The summed E-state index contributed by atoms with van der Waals surface area (Å²) in [6.07, 6.45) is 3.03. The van der Waals surface area contributed by atoms with E-state index in [0.29, 0.717) is 0 Å². The Hall–Kier alpha value is -0.570. The first-order chi connectivity index (χ1) is 7.73. The van der Waals surface area contributed by atoms with E-state index in [-0.39, 0.29) is 22.9 Å². The van der Waals surface area contributed by atoms with Crippen LogP contribution in [0.4, 0.5) is 0 Å². The molecule has 0 aliphatic carbocycles. The van der Waals surface area contributed by atoms with Crippen molar-refractivity contribution in [2.75, 3.05) is 13.6 Å². The summed E-state index contributed by atoms with van der Waals surface area (Å²) >= 11 is 0. The first kappa shape index (κ1) is 14.5. The molecule has 0 aromatic carbocycles. The summed E-state index contributed by atoms with van der Waals surface area (Å²) in [4.78, 5) is 14.6. The van der Waals surface area contributed by atoms with Crippen LogP contribution in [-0.4, -0.2) is 36.0 Å². The fourth-order valence-corrected chi connectivity index (χ4v) is 2.40. The van der Waals surface area contributed by atoms with E-state index in [9.17, 15) is 4.79 Å². The van der Waals surface area contributed by atoms with E-state index in [1.807, 2.05) is 7.05 Å². The molecule has 1 N–H and O–H groups in total. The molecule has 0 aromatic heterocycles. The summed E-state index contributed by atoms with van der Waals surface area (Å²) in [6.45, 7) is 11.9. The number of hydrogen-bond donors (Lipinski definition) is 1. The van der Waals surface area contributed by atoms with Crippen LogP contribution in [0.1, 0.15) is 53.9 Å². The second-order valence-corrected chi connectivity index (χ2v) is 6.63. The normalized spacial score (nSPS) is 25.9. The summed E-state index contributed by atoms with van der Waals surface area (Å²) in [7, 11) is 1.89. The topological polar surface area (TPSA) is 32.3 Å². The van der Waals surface area contributed by atoms with Crippen molar-refractivity contribution in [2.24, 2.45) is 5.41 Å². The molecule has 1 unspecified atom stereocenters. The van der Waals surface area contributed by atoms with Gasteiger partial charge in [-0.1, -0.05) is 20.8 Å². The van der Waals surface area contributed by atoms with Crippen molar-refractivity contribution in [3.8, 4) is 0 Å². The van der Waals surface area contributed by atoms with Crippen LogP contribution in [0.5, 0.6) is 0 Å². The third kappa shape index (κ3) is 3.21.